The molecule has 0 saturated heterocycles. The maximum atomic E-state index is 12.0. The van der Waals surface area contributed by atoms with Crippen molar-refractivity contribution in [1.29, 1.82) is 0 Å². The van der Waals surface area contributed by atoms with E-state index in [1.165, 1.54) is 18.0 Å². The highest BCUT2D eigenvalue weighted by molar-refractivity contribution is 8.00. The summed E-state index contributed by atoms with van der Waals surface area (Å²) in [5.41, 5.74) is 0. The quantitative estimate of drug-likeness (QED) is 0.806. The Hall–Kier alpha value is -1.25. The zero-order valence-electron chi connectivity index (χ0n) is 11.4. The van der Waals surface area contributed by atoms with Gasteiger partial charge in [-0.25, -0.2) is 4.98 Å². The van der Waals surface area contributed by atoms with Gasteiger partial charge in [0.1, 0.15) is 5.82 Å². The third kappa shape index (κ3) is 4.90. The summed E-state index contributed by atoms with van der Waals surface area (Å²) in [6.45, 7) is 1.76. The van der Waals surface area contributed by atoms with Gasteiger partial charge in [-0.15, -0.1) is 10.2 Å². The standard InChI is InChI=1S/C12H13ClN4O2S2/c1-7(21-12-17-16-10(19-12)6-20-2)11(18)15-9-4-3-8(13)5-14-9/h3-5,7H,6H2,1-2H3,(H,14,15,18). The Morgan fingerprint density at radius 2 is 2.29 bits per heavy atom. The van der Waals surface area contributed by atoms with Gasteiger partial charge in [-0.3, -0.25) is 4.79 Å². The number of nitrogens with zero attached hydrogens (tertiary/aromatic N) is 3. The number of hydrogen-bond donors (Lipinski definition) is 1. The summed E-state index contributed by atoms with van der Waals surface area (Å²) in [5, 5.41) is 11.0. The normalized spacial score (nSPS) is 12.1. The van der Waals surface area contributed by atoms with Crippen molar-refractivity contribution < 1.29 is 9.21 Å². The van der Waals surface area contributed by atoms with E-state index in [0.717, 1.165) is 0 Å². The number of carbonyl (C=O) groups is 1. The summed E-state index contributed by atoms with van der Waals surface area (Å²) in [5.74, 6) is 1.46. The van der Waals surface area contributed by atoms with Gasteiger partial charge in [-0.2, -0.15) is 11.8 Å². The average Bonchev–Trinajstić information content (AvgIpc) is 2.89. The van der Waals surface area contributed by atoms with Crippen LogP contribution in [0.15, 0.2) is 28.0 Å². The Balaban J connectivity index is 1.90. The van der Waals surface area contributed by atoms with Crippen molar-refractivity contribution in [3.8, 4) is 0 Å². The molecule has 0 saturated carbocycles. The van der Waals surface area contributed by atoms with Gasteiger partial charge in [-0.1, -0.05) is 23.4 Å². The highest BCUT2D eigenvalue weighted by Crippen LogP contribution is 2.23. The van der Waals surface area contributed by atoms with Gasteiger partial charge in [0.25, 0.3) is 5.22 Å². The molecule has 21 heavy (non-hydrogen) atoms. The predicted molar refractivity (Wildman–Crippen MR) is 84.7 cm³/mol. The Bertz CT molecular complexity index is 606. The van der Waals surface area contributed by atoms with Crippen LogP contribution in [0.25, 0.3) is 0 Å². The van der Waals surface area contributed by atoms with Crippen molar-refractivity contribution in [2.45, 2.75) is 23.1 Å². The number of anilines is 1. The minimum Gasteiger partial charge on any atom is -0.415 e. The van der Waals surface area contributed by atoms with E-state index >= 15 is 0 Å². The second-order valence-corrected chi connectivity index (χ2v) is 6.60. The van der Waals surface area contributed by atoms with Crippen LogP contribution in [-0.2, 0) is 10.5 Å². The topological polar surface area (TPSA) is 80.9 Å². The largest absolute Gasteiger partial charge is 0.415 e. The van der Waals surface area contributed by atoms with Crippen LogP contribution in [0.3, 0.4) is 0 Å². The monoisotopic (exact) mass is 344 g/mol. The molecule has 1 N–H and O–H groups in total. The summed E-state index contributed by atoms with van der Waals surface area (Å²) in [6, 6.07) is 3.30. The van der Waals surface area contributed by atoms with Crippen molar-refractivity contribution in [3.05, 3.63) is 29.2 Å². The smallest absolute Gasteiger partial charge is 0.277 e. The zero-order chi connectivity index (χ0) is 15.2. The molecule has 6 nitrogen and oxygen atoms in total. The van der Waals surface area contributed by atoms with E-state index in [1.807, 2.05) is 6.26 Å². The molecule has 2 aromatic heterocycles. The molecule has 0 aliphatic rings. The Kier molecular flexibility index (Phi) is 5.89. The molecule has 1 atom stereocenters. The fourth-order valence-electron chi connectivity index (χ4n) is 1.35. The molecule has 9 heteroatoms. The Morgan fingerprint density at radius 1 is 1.48 bits per heavy atom. The molecule has 1 amide bonds. The molecular formula is C12H13ClN4O2S2. The molecule has 112 valence electrons. The molecule has 2 rings (SSSR count). The van der Waals surface area contributed by atoms with Crippen molar-refractivity contribution in [2.24, 2.45) is 0 Å². The fourth-order valence-corrected chi connectivity index (χ4v) is 2.53. The third-order valence-electron chi connectivity index (χ3n) is 2.34. The molecular weight excluding hydrogens is 332 g/mol. The summed E-state index contributed by atoms with van der Waals surface area (Å²) in [6.07, 6.45) is 3.42. The van der Waals surface area contributed by atoms with Gasteiger partial charge < -0.3 is 9.73 Å². The van der Waals surface area contributed by atoms with Crippen LogP contribution in [-0.4, -0.2) is 32.6 Å². The van der Waals surface area contributed by atoms with Crippen molar-refractivity contribution in [3.63, 3.8) is 0 Å². The second kappa shape index (κ2) is 7.67. The lowest BCUT2D eigenvalue weighted by atomic mass is 10.4. The number of thioether (sulfide) groups is 2. The lowest BCUT2D eigenvalue weighted by molar-refractivity contribution is -0.115. The molecule has 0 radical (unpaired) electrons. The predicted octanol–water partition coefficient (Wildman–Crippen LogP) is 3.10. The van der Waals surface area contributed by atoms with E-state index in [4.69, 9.17) is 16.0 Å². The fraction of sp³-hybridized carbons (Fsp3) is 0.333. The number of amides is 1. The van der Waals surface area contributed by atoms with Crippen LogP contribution in [0.1, 0.15) is 12.8 Å². The summed E-state index contributed by atoms with van der Waals surface area (Å²) < 4.78 is 5.42. The van der Waals surface area contributed by atoms with Crippen LogP contribution in [0.2, 0.25) is 5.02 Å². The minimum absolute atomic E-state index is 0.195. The molecule has 1 unspecified atom stereocenters. The average molecular weight is 345 g/mol. The van der Waals surface area contributed by atoms with Gasteiger partial charge in [-0.05, 0) is 25.3 Å². The highest BCUT2D eigenvalue weighted by atomic mass is 35.5. The van der Waals surface area contributed by atoms with E-state index in [0.29, 0.717) is 27.7 Å². The van der Waals surface area contributed by atoms with Gasteiger partial charge >= 0.3 is 0 Å². The summed E-state index contributed by atoms with van der Waals surface area (Å²) >= 11 is 8.54. The van der Waals surface area contributed by atoms with E-state index in [-0.39, 0.29) is 11.2 Å². The second-order valence-electron chi connectivity index (χ2n) is 4.01. The van der Waals surface area contributed by atoms with Crippen molar-refractivity contribution in [2.75, 3.05) is 11.6 Å². The van der Waals surface area contributed by atoms with Gasteiger partial charge in [0.2, 0.25) is 11.8 Å². The lowest BCUT2D eigenvalue weighted by Crippen LogP contribution is -2.22. The molecule has 2 aromatic rings. The van der Waals surface area contributed by atoms with Gasteiger partial charge in [0.05, 0.1) is 16.0 Å². The molecule has 0 aromatic carbocycles. The molecule has 0 bridgehead atoms. The maximum absolute atomic E-state index is 12.0. The van der Waals surface area contributed by atoms with Crippen LogP contribution < -0.4 is 5.32 Å². The van der Waals surface area contributed by atoms with Crippen LogP contribution in [0.5, 0.6) is 0 Å². The van der Waals surface area contributed by atoms with Crippen molar-refractivity contribution in [1.82, 2.24) is 15.2 Å². The summed E-state index contributed by atoms with van der Waals surface area (Å²) in [4.78, 5) is 16.0. The van der Waals surface area contributed by atoms with E-state index < -0.39 is 0 Å². The first-order valence-corrected chi connectivity index (χ1v) is 8.64. The lowest BCUT2D eigenvalue weighted by Gasteiger charge is -2.08. The van der Waals surface area contributed by atoms with Crippen LogP contribution >= 0.6 is 35.1 Å². The van der Waals surface area contributed by atoms with Gasteiger partial charge in [0, 0.05) is 6.20 Å². The molecule has 2 heterocycles. The first kappa shape index (κ1) is 16.1. The molecule has 0 fully saturated rings. The number of nitrogens with one attached hydrogen (secondary N) is 1. The first-order valence-electron chi connectivity index (χ1n) is 5.99. The van der Waals surface area contributed by atoms with E-state index in [1.54, 1.807) is 30.8 Å². The molecule has 0 spiro atoms. The van der Waals surface area contributed by atoms with Crippen LogP contribution in [0.4, 0.5) is 5.82 Å². The molecule has 0 aliphatic heterocycles. The van der Waals surface area contributed by atoms with E-state index in [2.05, 4.69) is 20.5 Å². The van der Waals surface area contributed by atoms with Crippen LogP contribution in [0, 0.1) is 0 Å². The van der Waals surface area contributed by atoms with Gasteiger partial charge in [0.15, 0.2) is 0 Å². The SMILES string of the molecule is CSCc1nnc(SC(C)C(=O)Nc2ccc(Cl)cn2)o1. The number of hydrogen-bond acceptors (Lipinski definition) is 7. The number of aromatic nitrogens is 3. The molecule has 0 aliphatic carbocycles. The zero-order valence-corrected chi connectivity index (χ0v) is 13.8. The number of halogens is 1. The number of rotatable bonds is 6. The highest BCUT2D eigenvalue weighted by Gasteiger charge is 2.18. The summed E-state index contributed by atoms with van der Waals surface area (Å²) in [7, 11) is 0. The first-order chi connectivity index (χ1) is 10.1. The Morgan fingerprint density at radius 3 is 2.95 bits per heavy atom. The van der Waals surface area contributed by atoms with E-state index in [9.17, 15) is 4.79 Å². The number of carbonyl (C=O) groups excluding carboxylic acids is 1. The minimum atomic E-state index is -0.384. The maximum Gasteiger partial charge on any atom is 0.277 e. The third-order valence-corrected chi connectivity index (χ3v) is 4.04. The number of pyridine rings is 1. The van der Waals surface area contributed by atoms with Crippen molar-refractivity contribution >= 4 is 46.8 Å². The Labute approximate surface area is 135 Å².